The zero-order valence-corrected chi connectivity index (χ0v) is 11.1. The van der Waals surface area contributed by atoms with Gasteiger partial charge in [0.1, 0.15) is 5.82 Å². The third-order valence-corrected chi connectivity index (χ3v) is 3.61. The van der Waals surface area contributed by atoms with Gasteiger partial charge in [-0.25, -0.2) is 17.5 Å². The van der Waals surface area contributed by atoms with Gasteiger partial charge in [-0.2, -0.15) is 0 Å². The molecule has 1 rings (SSSR count). The van der Waals surface area contributed by atoms with Crippen LogP contribution >= 0.6 is 11.6 Å². The summed E-state index contributed by atoms with van der Waals surface area (Å²) in [5, 5.41) is -0.236. The molecule has 17 heavy (non-hydrogen) atoms. The summed E-state index contributed by atoms with van der Waals surface area (Å²) in [6, 6.07) is 3.21. The number of hydrogen-bond donors (Lipinski definition) is 2. The van der Waals surface area contributed by atoms with Crippen LogP contribution in [0.4, 0.5) is 4.39 Å². The molecule has 7 heteroatoms. The highest BCUT2D eigenvalue weighted by Crippen LogP contribution is 2.19. The van der Waals surface area contributed by atoms with Crippen molar-refractivity contribution < 1.29 is 12.8 Å². The van der Waals surface area contributed by atoms with Crippen molar-refractivity contribution in [2.75, 3.05) is 6.54 Å². The molecule has 3 N–H and O–H groups in total. The van der Waals surface area contributed by atoms with Crippen molar-refractivity contribution in [3.63, 3.8) is 0 Å². The maximum absolute atomic E-state index is 12.9. The maximum Gasteiger partial charge on any atom is 0.240 e. The maximum atomic E-state index is 12.9. The molecule has 0 amide bonds. The molecule has 4 nitrogen and oxygen atoms in total. The van der Waals surface area contributed by atoms with Gasteiger partial charge in [0.15, 0.2) is 0 Å². The summed E-state index contributed by atoms with van der Waals surface area (Å²) in [6.07, 6.45) is 0. The molecule has 0 atom stereocenters. The van der Waals surface area contributed by atoms with Crippen LogP contribution in [0.1, 0.15) is 13.8 Å². The lowest BCUT2D eigenvalue weighted by Gasteiger charge is -2.19. The smallest absolute Gasteiger partial charge is 0.240 e. The van der Waals surface area contributed by atoms with Crippen molar-refractivity contribution in [1.82, 2.24) is 4.72 Å². The number of benzene rings is 1. The van der Waals surface area contributed by atoms with Crippen LogP contribution in [0.5, 0.6) is 0 Å². The summed E-state index contributed by atoms with van der Waals surface area (Å²) in [5.41, 5.74) is 4.99. The number of nitrogens with two attached hydrogens (primary N) is 1. The van der Waals surface area contributed by atoms with Crippen LogP contribution in [0.2, 0.25) is 5.02 Å². The van der Waals surface area contributed by atoms with Gasteiger partial charge in [0, 0.05) is 12.1 Å². The fourth-order valence-electron chi connectivity index (χ4n) is 1.01. The van der Waals surface area contributed by atoms with Crippen LogP contribution in [0, 0.1) is 5.82 Å². The first kappa shape index (κ1) is 14.4. The molecule has 0 aliphatic carbocycles. The molecule has 0 spiro atoms. The van der Waals surface area contributed by atoms with E-state index in [1.54, 1.807) is 13.8 Å². The molecule has 0 heterocycles. The fourth-order valence-corrected chi connectivity index (χ4v) is 2.50. The van der Waals surface area contributed by atoms with E-state index in [0.29, 0.717) is 0 Å². The first-order valence-corrected chi connectivity index (χ1v) is 6.71. The van der Waals surface area contributed by atoms with Crippen LogP contribution in [-0.2, 0) is 10.0 Å². The van der Waals surface area contributed by atoms with Crippen LogP contribution in [0.15, 0.2) is 23.1 Å². The summed E-state index contributed by atoms with van der Waals surface area (Å²) in [7, 11) is -3.71. The molecule has 0 unspecified atom stereocenters. The predicted molar refractivity (Wildman–Crippen MR) is 64.9 cm³/mol. The van der Waals surface area contributed by atoms with Gasteiger partial charge in [0.05, 0.1) is 9.92 Å². The summed E-state index contributed by atoms with van der Waals surface area (Å²) in [6.45, 7) is 3.45. The van der Waals surface area contributed by atoms with Gasteiger partial charge in [0.25, 0.3) is 0 Å². The number of hydrogen-bond acceptors (Lipinski definition) is 3. The van der Waals surface area contributed by atoms with E-state index in [1.165, 1.54) is 0 Å². The minimum absolute atomic E-state index is 0.0737. The van der Waals surface area contributed by atoms with Gasteiger partial charge in [-0.15, -0.1) is 0 Å². The average molecular weight is 281 g/mol. The normalized spacial score (nSPS) is 12.8. The van der Waals surface area contributed by atoms with E-state index in [2.05, 4.69) is 4.72 Å². The Labute approximate surface area is 105 Å². The SMILES string of the molecule is CC(C)(N)CNS(=O)(=O)c1ccc(F)c(Cl)c1. The summed E-state index contributed by atoms with van der Waals surface area (Å²) in [4.78, 5) is -0.0897. The highest BCUT2D eigenvalue weighted by Gasteiger charge is 2.19. The Kier molecular flexibility index (Phi) is 4.14. The largest absolute Gasteiger partial charge is 0.324 e. The van der Waals surface area contributed by atoms with Gasteiger partial charge in [0.2, 0.25) is 10.0 Å². The Hall–Kier alpha value is -0.690. The number of rotatable bonds is 4. The molecule has 0 radical (unpaired) electrons. The van der Waals surface area contributed by atoms with E-state index in [9.17, 15) is 12.8 Å². The molecule has 0 saturated heterocycles. The Bertz CT molecular complexity index is 512. The molecule has 0 fully saturated rings. The standard InChI is InChI=1S/C10H14ClFN2O2S/c1-10(2,13)6-14-17(15,16)7-3-4-9(12)8(11)5-7/h3-5,14H,6,13H2,1-2H3. The van der Waals surface area contributed by atoms with E-state index in [1.807, 2.05) is 0 Å². The topological polar surface area (TPSA) is 72.2 Å². The summed E-state index contributed by atoms with van der Waals surface area (Å²) < 4.78 is 38.8. The molecule has 1 aromatic rings. The minimum Gasteiger partial charge on any atom is -0.324 e. The van der Waals surface area contributed by atoms with Crippen molar-refractivity contribution in [1.29, 1.82) is 0 Å². The Balaban J connectivity index is 2.94. The van der Waals surface area contributed by atoms with Crippen LogP contribution < -0.4 is 10.5 Å². The lowest BCUT2D eigenvalue weighted by atomic mass is 10.1. The molecule has 96 valence electrons. The van der Waals surface area contributed by atoms with E-state index in [-0.39, 0.29) is 16.5 Å². The minimum atomic E-state index is -3.71. The van der Waals surface area contributed by atoms with Gasteiger partial charge >= 0.3 is 0 Å². The van der Waals surface area contributed by atoms with Crippen LogP contribution in [0.3, 0.4) is 0 Å². The van der Waals surface area contributed by atoms with Gasteiger partial charge < -0.3 is 5.73 Å². The first-order valence-electron chi connectivity index (χ1n) is 4.85. The Morgan fingerprint density at radius 3 is 2.53 bits per heavy atom. The number of sulfonamides is 1. The lowest BCUT2D eigenvalue weighted by molar-refractivity contribution is 0.498. The Morgan fingerprint density at radius 2 is 2.06 bits per heavy atom. The van der Waals surface area contributed by atoms with E-state index in [4.69, 9.17) is 17.3 Å². The quantitative estimate of drug-likeness (QED) is 0.878. The number of nitrogens with one attached hydrogen (secondary N) is 1. The lowest BCUT2D eigenvalue weighted by Crippen LogP contribution is -2.45. The molecule has 1 aromatic carbocycles. The van der Waals surface area contributed by atoms with Crippen LogP contribution in [-0.4, -0.2) is 20.5 Å². The zero-order valence-electron chi connectivity index (χ0n) is 9.50. The monoisotopic (exact) mass is 280 g/mol. The van der Waals surface area contributed by atoms with E-state index < -0.39 is 21.4 Å². The zero-order chi connectivity index (χ0) is 13.3. The molecule has 0 aliphatic heterocycles. The van der Waals surface area contributed by atoms with Crippen molar-refractivity contribution in [3.8, 4) is 0 Å². The highest BCUT2D eigenvalue weighted by atomic mass is 35.5. The van der Waals surface area contributed by atoms with E-state index in [0.717, 1.165) is 18.2 Å². The fraction of sp³-hybridized carbons (Fsp3) is 0.400. The number of halogens is 2. The highest BCUT2D eigenvalue weighted by molar-refractivity contribution is 7.89. The molecule has 0 aromatic heterocycles. The second kappa shape index (κ2) is 4.89. The van der Waals surface area contributed by atoms with Gasteiger partial charge in [-0.3, -0.25) is 0 Å². The van der Waals surface area contributed by atoms with Gasteiger partial charge in [-0.05, 0) is 32.0 Å². The van der Waals surface area contributed by atoms with E-state index >= 15 is 0 Å². The Morgan fingerprint density at radius 1 is 1.47 bits per heavy atom. The molecule has 0 saturated carbocycles. The molecule has 0 bridgehead atoms. The summed E-state index contributed by atoms with van der Waals surface area (Å²) in [5.74, 6) is -0.662. The molecule has 0 aliphatic rings. The molecular formula is C10H14ClFN2O2S. The second-order valence-corrected chi connectivity index (χ2v) is 6.56. The van der Waals surface area contributed by atoms with Crippen molar-refractivity contribution in [2.24, 2.45) is 5.73 Å². The van der Waals surface area contributed by atoms with Crippen molar-refractivity contribution in [3.05, 3.63) is 29.0 Å². The predicted octanol–water partition coefficient (Wildman–Crippen LogP) is 1.49. The first-order chi connectivity index (χ1) is 7.62. The van der Waals surface area contributed by atoms with Crippen molar-refractivity contribution >= 4 is 21.6 Å². The second-order valence-electron chi connectivity index (χ2n) is 4.39. The van der Waals surface area contributed by atoms with Gasteiger partial charge in [-0.1, -0.05) is 11.6 Å². The van der Waals surface area contributed by atoms with Crippen LogP contribution in [0.25, 0.3) is 0 Å². The molecular weight excluding hydrogens is 267 g/mol. The third kappa shape index (κ3) is 4.23. The summed E-state index contributed by atoms with van der Waals surface area (Å²) >= 11 is 5.52. The average Bonchev–Trinajstić information content (AvgIpc) is 2.18. The van der Waals surface area contributed by atoms with Crippen molar-refractivity contribution in [2.45, 2.75) is 24.3 Å². The third-order valence-electron chi connectivity index (χ3n) is 1.92.